The minimum absolute atomic E-state index is 0.132. The van der Waals surface area contributed by atoms with Crippen molar-refractivity contribution in [3.8, 4) is 11.5 Å². The van der Waals surface area contributed by atoms with Gasteiger partial charge in [-0.1, -0.05) is 39.9 Å². The van der Waals surface area contributed by atoms with Crippen molar-refractivity contribution in [2.24, 2.45) is 0 Å². The van der Waals surface area contributed by atoms with E-state index in [1.807, 2.05) is 24.3 Å². The molecule has 0 bridgehead atoms. The molecule has 0 aromatic heterocycles. The fourth-order valence-electron chi connectivity index (χ4n) is 3.25. The Morgan fingerprint density at radius 2 is 1.86 bits per heavy atom. The Hall–Kier alpha value is -2.19. The van der Waals surface area contributed by atoms with Crippen LogP contribution in [0.2, 0.25) is 0 Å². The van der Waals surface area contributed by atoms with Gasteiger partial charge in [-0.15, -0.1) is 0 Å². The highest BCUT2D eigenvalue weighted by atomic mass is 79.9. The van der Waals surface area contributed by atoms with Crippen LogP contribution in [-0.4, -0.2) is 46.3 Å². The zero-order valence-electron chi connectivity index (χ0n) is 16.5. The van der Waals surface area contributed by atoms with Crippen LogP contribution in [0.5, 0.6) is 11.5 Å². The molecule has 0 unspecified atom stereocenters. The van der Waals surface area contributed by atoms with Gasteiger partial charge in [0.1, 0.15) is 25.4 Å². The van der Waals surface area contributed by atoms with E-state index in [2.05, 4.69) is 15.9 Å². The second-order valence-corrected chi connectivity index (χ2v) is 7.74. The summed E-state index contributed by atoms with van der Waals surface area (Å²) in [5.41, 5.74) is 1.78. The van der Waals surface area contributed by atoms with Gasteiger partial charge in [0.25, 0.3) is 0 Å². The predicted molar refractivity (Wildman–Crippen MR) is 111 cm³/mol. The number of fused-ring (bicyclic) bond motifs is 1. The zero-order valence-corrected chi connectivity index (χ0v) is 18.1. The topological polar surface area (TPSA) is 72.3 Å². The first-order valence-electron chi connectivity index (χ1n) is 9.37. The summed E-state index contributed by atoms with van der Waals surface area (Å²) >= 11 is 3.42. The van der Waals surface area contributed by atoms with Crippen molar-refractivity contribution in [3.05, 3.63) is 63.3 Å². The Kier molecular flexibility index (Phi) is 7.44. The third-order valence-corrected chi connectivity index (χ3v) is 5.28. The number of carbonyl (C=O) groups excluding carboxylic acids is 1. The molecular formula is C22H24BrNO5. The number of halogens is 1. The summed E-state index contributed by atoms with van der Waals surface area (Å²) in [6.07, 6.45) is 1.70. The number of carbonyl (C=O) groups is 1. The number of benzene rings is 2. The fourth-order valence-corrected chi connectivity index (χ4v) is 3.67. The van der Waals surface area contributed by atoms with Crippen LogP contribution in [0.4, 0.5) is 0 Å². The highest BCUT2D eigenvalue weighted by Gasteiger charge is 2.31. The Labute approximate surface area is 178 Å². The van der Waals surface area contributed by atoms with Gasteiger partial charge >= 0.3 is 0 Å². The van der Waals surface area contributed by atoms with Crippen LogP contribution in [0.15, 0.2) is 46.6 Å². The van der Waals surface area contributed by atoms with Gasteiger partial charge in [0.15, 0.2) is 5.76 Å². The maximum Gasteiger partial charge on any atom is 0.231 e. The standard InChI is InChI=1S/C22H24BrNO5/c1-27-10-8-24(9-11-28-2)14-18-19(25)7-6-17-21(26)20(29-22(17)18)13-15-4-3-5-16(23)12-15/h3-7,12-13,25H,8-11,14H2,1-2H3/b20-13-. The Morgan fingerprint density at radius 3 is 2.52 bits per heavy atom. The lowest BCUT2D eigenvalue weighted by molar-refractivity contribution is -0.914. The van der Waals surface area contributed by atoms with Crippen molar-refractivity contribution in [1.82, 2.24) is 0 Å². The molecule has 1 N–H and O–H groups in total. The summed E-state index contributed by atoms with van der Waals surface area (Å²) in [4.78, 5) is 14.0. The number of ether oxygens (including phenoxy) is 3. The zero-order chi connectivity index (χ0) is 20.8. The molecule has 6 nitrogen and oxygen atoms in total. The second-order valence-electron chi connectivity index (χ2n) is 6.83. The Bertz CT molecular complexity index is 904. The molecular weight excluding hydrogens is 438 g/mol. The largest absolute Gasteiger partial charge is 0.872 e. The lowest BCUT2D eigenvalue weighted by Crippen LogP contribution is -3.11. The van der Waals surface area contributed by atoms with E-state index in [0.717, 1.165) is 28.0 Å². The molecule has 0 saturated heterocycles. The fraction of sp³-hybridized carbons (Fsp3) is 0.318. The number of Topliss-reactive ketones (excluding diaryl/α,β-unsaturated/α-hetero) is 1. The lowest BCUT2D eigenvalue weighted by atomic mass is 10.0. The van der Waals surface area contributed by atoms with Gasteiger partial charge in [-0.2, -0.15) is 0 Å². The Balaban J connectivity index is 1.89. The molecule has 29 heavy (non-hydrogen) atoms. The van der Waals surface area contributed by atoms with E-state index in [4.69, 9.17) is 14.2 Å². The molecule has 0 saturated carbocycles. The number of hydrogen-bond donors (Lipinski definition) is 1. The van der Waals surface area contributed by atoms with Crippen LogP contribution in [-0.2, 0) is 16.0 Å². The van der Waals surface area contributed by atoms with E-state index >= 15 is 0 Å². The van der Waals surface area contributed by atoms with E-state index in [9.17, 15) is 9.90 Å². The van der Waals surface area contributed by atoms with Gasteiger partial charge in [-0.05, 0) is 29.8 Å². The van der Waals surface area contributed by atoms with Gasteiger partial charge in [0.2, 0.25) is 5.78 Å². The van der Waals surface area contributed by atoms with Crippen LogP contribution in [0.3, 0.4) is 0 Å². The molecule has 1 aliphatic rings. The summed E-state index contributed by atoms with van der Waals surface area (Å²) in [5.74, 6) is 0.250. The van der Waals surface area contributed by atoms with Crippen LogP contribution >= 0.6 is 15.9 Å². The summed E-state index contributed by atoms with van der Waals surface area (Å²) in [6, 6.07) is 10.6. The van der Waals surface area contributed by atoms with Gasteiger partial charge in [0, 0.05) is 24.3 Å². The average molecular weight is 462 g/mol. The number of nitrogens with one attached hydrogen (secondary N) is 1. The van der Waals surface area contributed by atoms with E-state index in [-0.39, 0.29) is 17.3 Å². The van der Waals surface area contributed by atoms with Gasteiger partial charge < -0.3 is 24.2 Å². The number of allylic oxidation sites excluding steroid dienone is 1. The van der Waals surface area contributed by atoms with Crippen LogP contribution in [0.25, 0.3) is 6.08 Å². The number of ketones is 1. The summed E-state index contributed by atoms with van der Waals surface area (Å²) in [7, 11) is 3.29. The van der Waals surface area contributed by atoms with Gasteiger partial charge in [-0.25, -0.2) is 0 Å². The number of quaternary nitrogens is 1. The predicted octanol–water partition coefficient (Wildman–Crippen LogP) is 1.82. The molecule has 0 amide bonds. The van der Waals surface area contributed by atoms with Crippen LogP contribution < -0.4 is 14.7 Å². The molecule has 0 atom stereocenters. The van der Waals surface area contributed by atoms with Crippen molar-refractivity contribution in [2.45, 2.75) is 6.54 Å². The Morgan fingerprint density at radius 1 is 1.14 bits per heavy atom. The average Bonchev–Trinajstić information content (AvgIpc) is 3.01. The molecule has 0 fully saturated rings. The smallest absolute Gasteiger partial charge is 0.231 e. The normalized spacial score (nSPS) is 14.5. The second kappa shape index (κ2) is 10.0. The quantitative estimate of drug-likeness (QED) is 0.576. The first-order chi connectivity index (χ1) is 14.0. The minimum Gasteiger partial charge on any atom is -0.872 e. The van der Waals surface area contributed by atoms with Crippen molar-refractivity contribution in [2.75, 3.05) is 40.5 Å². The summed E-state index contributed by atoms with van der Waals surface area (Å²) < 4.78 is 17.2. The highest BCUT2D eigenvalue weighted by Crippen LogP contribution is 2.38. The number of methoxy groups -OCH3 is 2. The third kappa shape index (κ3) is 5.25. The van der Waals surface area contributed by atoms with Crippen molar-refractivity contribution >= 4 is 27.8 Å². The molecule has 0 spiro atoms. The lowest BCUT2D eigenvalue weighted by Gasteiger charge is -2.23. The maximum atomic E-state index is 12.8. The monoisotopic (exact) mass is 461 g/mol. The molecule has 1 heterocycles. The van der Waals surface area contributed by atoms with E-state index in [1.54, 1.807) is 26.4 Å². The molecule has 3 rings (SSSR count). The first-order valence-corrected chi connectivity index (χ1v) is 10.2. The minimum atomic E-state index is -0.212. The summed E-state index contributed by atoms with van der Waals surface area (Å²) in [6.45, 7) is 3.01. The molecule has 154 valence electrons. The van der Waals surface area contributed by atoms with Crippen molar-refractivity contribution < 1.29 is 29.0 Å². The van der Waals surface area contributed by atoms with E-state index < -0.39 is 0 Å². The molecule has 7 heteroatoms. The number of hydrogen-bond acceptors (Lipinski definition) is 5. The molecule has 0 aliphatic carbocycles. The number of rotatable bonds is 9. The van der Waals surface area contributed by atoms with Crippen molar-refractivity contribution in [3.63, 3.8) is 0 Å². The highest BCUT2D eigenvalue weighted by molar-refractivity contribution is 9.10. The van der Waals surface area contributed by atoms with Crippen molar-refractivity contribution in [1.29, 1.82) is 0 Å². The maximum absolute atomic E-state index is 12.8. The van der Waals surface area contributed by atoms with Crippen LogP contribution in [0, 0.1) is 0 Å². The SMILES string of the molecule is COCC[NH+](CCOC)Cc1c([O-])ccc2c1O/C(=C\c1cccc(Br)c1)C2=O. The van der Waals surface area contributed by atoms with Gasteiger partial charge in [-0.3, -0.25) is 4.79 Å². The third-order valence-electron chi connectivity index (χ3n) is 4.79. The first kappa shape index (κ1) is 21.5. The van der Waals surface area contributed by atoms with Crippen LogP contribution in [0.1, 0.15) is 21.5 Å². The molecule has 2 aromatic rings. The molecule has 2 aromatic carbocycles. The van der Waals surface area contributed by atoms with E-state index in [1.165, 1.54) is 6.07 Å². The van der Waals surface area contributed by atoms with E-state index in [0.29, 0.717) is 36.6 Å². The molecule has 1 aliphatic heterocycles. The molecule has 0 radical (unpaired) electrons. The summed E-state index contributed by atoms with van der Waals surface area (Å²) in [5, 5.41) is 12.6. The van der Waals surface area contributed by atoms with Gasteiger partial charge in [0.05, 0.1) is 18.8 Å².